The highest BCUT2D eigenvalue weighted by molar-refractivity contribution is 7.89. The van der Waals surface area contributed by atoms with E-state index < -0.39 is 27.5 Å². The summed E-state index contributed by atoms with van der Waals surface area (Å²) in [4.78, 5) is 39.8. The van der Waals surface area contributed by atoms with Crippen LogP contribution in [0.2, 0.25) is 0 Å². The minimum atomic E-state index is -3.72. The molecule has 11 nitrogen and oxygen atoms in total. The zero-order valence-corrected chi connectivity index (χ0v) is 25.0. The Morgan fingerprint density at radius 2 is 1.74 bits per heavy atom. The number of hydrogen-bond donors (Lipinski definition) is 1. The Morgan fingerprint density at radius 1 is 1.07 bits per heavy atom. The van der Waals surface area contributed by atoms with Crippen molar-refractivity contribution in [3.63, 3.8) is 0 Å². The van der Waals surface area contributed by atoms with Gasteiger partial charge in [-0.3, -0.25) is 9.59 Å². The van der Waals surface area contributed by atoms with Crippen LogP contribution < -0.4 is 10.9 Å². The molecule has 2 aromatic carbocycles. The Kier molecular flexibility index (Phi) is 8.55. The maximum atomic E-state index is 13.7. The average Bonchev–Trinajstić information content (AvgIpc) is 3.42. The van der Waals surface area contributed by atoms with Crippen LogP contribution in [0.1, 0.15) is 53.1 Å². The van der Waals surface area contributed by atoms with Crippen LogP contribution in [0, 0.1) is 0 Å². The molecule has 0 bridgehead atoms. The van der Waals surface area contributed by atoms with Crippen molar-refractivity contribution in [2.45, 2.75) is 31.6 Å². The number of ether oxygens (including phenoxy) is 2. The molecule has 2 aromatic heterocycles. The van der Waals surface area contributed by atoms with Gasteiger partial charge in [-0.15, -0.1) is 11.3 Å². The van der Waals surface area contributed by atoms with Gasteiger partial charge < -0.3 is 14.8 Å². The van der Waals surface area contributed by atoms with Crippen molar-refractivity contribution < 1.29 is 27.5 Å². The van der Waals surface area contributed by atoms with E-state index in [0.717, 1.165) is 21.6 Å². The van der Waals surface area contributed by atoms with Gasteiger partial charge in [-0.2, -0.15) is 14.1 Å². The number of hydrogen-bond acceptors (Lipinski definition) is 9. The third-order valence-electron chi connectivity index (χ3n) is 6.88. The topological polar surface area (TPSA) is 137 Å². The smallest absolute Gasteiger partial charge is 0.359 e. The van der Waals surface area contributed by atoms with Crippen molar-refractivity contribution in [1.29, 1.82) is 0 Å². The van der Waals surface area contributed by atoms with E-state index in [1.807, 2.05) is 12.1 Å². The van der Waals surface area contributed by atoms with Crippen LogP contribution in [-0.4, -0.2) is 67.3 Å². The molecule has 0 aliphatic carbocycles. The number of nitrogens with one attached hydrogen (secondary N) is 1. The van der Waals surface area contributed by atoms with Gasteiger partial charge in [0.25, 0.3) is 11.5 Å². The SMILES string of the molecule is CCOC(=O)c1nn(-c2ccc(C(C)C)cc2)c(=O)c2c(NC(=O)c3ccc(S(=O)(=O)N4CCOCC4)cc3)scc12. The molecular formula is C29H30N4O7S2. The fourth-order valence-corrected chi connectivity index (χ4v) is 6.90. The molecule has 0 saturated carbocycles. The fourth-order valence-electron chi connectivity index (χ4n) is 4.56. The number of anilines is 1. The number of rotatable bonds is 8. The van der Waals surface area contributed by atoms with Crippen LogP contribution in [-0.2, 0) is 19.5 Å². The van der Waals surface area contributed by atoms with Gasteiger partial charge in [0, 0.05) is 29.4 Å². The van der Waals surface area contributed by atoms with Gasteiger partial charge in [-0.1, -0.05) is 26.0 Å². The number of fused-ring (bicyclic) bond motifs is 1. The number of sulfonamides is 1. The molecule has 0 spiro atoms. The number of thiophene rings is 1. The molecule has 220 valence electrons. The van der Waals surface area contributed by atoms with Crippen molar-refractivity contribution in [3.05, 3.63) is 81.1 Å². The maximum absolute atomic E-state index is 13.7. The van der Waals surface area contributed by atoms with E-state index >= 15 is 0 Å². The summed E-state index contributed by atoms with van der Waals surface area (Å²) in [5, 5.41) is 9.28. The average molecular weight is 611 g/mol. The third kappa shape index (κ3) is 5.73. The molecule has 1 aliphatic heterocycles. The van der Waals surface area contributed by atoms with Crippen molar-refractivity contribution >= 4 is 49.0 Å². The minimum Gasteiger partial charge on any atom is -0.461 e. The van der Waals surface area contributed by atoms with Gasteiger partial charge in [0.15, 0.2) is 5.69 Å². The van der Waals surface area contributed by atoms with Gasteiger partial charge in [0.1, 0.15) is 5.00 Å². The first-order chi connectivity index (χ1) is 20.1. The van der Waals surface area contributed by atoms with E-state index in [0.29, 0.717) is 18.9 Å². The number of esters is 1. The summed E-state index contributed by atoms with van der Waals surface area (Å²) in [5.74, 6) is -0.952. The van der Waals surface area contributed by atoms with Crippen molar-refractivity contribution in [2.75, 3.05) is 38.2 Å². The molecule has 5 rings (SSSR count). The molecule has 0 radical (unpaired) electrons. The van der Waals surface area contributed by atoms with Crippen LogP contribution in [0.3, 0.4) is 0 Å². The molecule has 4 aromatic rings. The molecule has 1 saturated heterocycles. The molecular weight excluding hydrogens is 580 g/mol. The number of amides is 1. The first-order valence-corrected chi connectivity index (χ1v) is 15.7. The van der Waals surface area contributed by atoms with Gasteiger partial charge in [-0.25, -0.2) is 13.2 Å². The van der Waals surface area contributed by atoms with E-state index in [1.165, 1.54) is 28.6 Å². The highest BCUT2D eigenvalue weighted by Crippen LogP contribution is 2.31. The predicted octanol–water partition coefficient (Wildman–Crippen LogP) is 4.02. The van der Waals surface area contributed by atoms with E-state index in [4.69, 9.17) is 9.47 Å². The Balaban J connectivity index is 1.49. The highest BCUT2D eigenvalue weighted by Gasteiger charge is 2.27. The second-order valence-electron chi connectivity index (χ2n) is 9.88. The Labute approximate surface area is 246 Å². The summed E-state index contributed by atoms with van der Waals surface area (Å²) >= 11 is 1.08. The molecule has 3 heterocycles. The van der Waals surface area contributed by atoms with Crippen molar-refractivity contribution in [3.8, 4) is 5.69 Å². The lowest BCUT2D eigenvalue weighted by atomic mass is 10.0. The lowest BCUT2D eigenvalue weighted by molar-refractivity contribution is 0.0519. The standard InChI is InChI=1S/C29H30N4O7S2/c1-4-40-29(36)25-23-17-41-27(24(23)28(35)33(31-25)21-9-5-19(6-10-21)18(2)3)30-26(34)20-7-11-22(12-8-20)42(37,38)32-13-15-39-16-14-32/h5-12,17-18H,4,13-16H2,1-3H3,(H,30,34). The summed E-state index contributed by atoms with van der Waals surface area (Å²) in [5.41, 5.74) is 1.16. The summed E-state index contributed by atoms with van der Waals surface area (Å²) < 4.78 is 38.8. The molecule has 13 heteroatoms. The summed E-state index contributed by atoms with van der Waals surface area (Å²) in [6.45, 7) is 7.08. The van der Waals surface area contributed by atoms with Crippen LogP contribution >= 0.6 is 11.3 Å². The largest absolute Gasteiger partial charge is 0.461 e. The Bertz CT molecular complexity index is 1790. The molecule has 1 amide bonds. The van der Waals surface area contributed by atoms with Crippen molar-refractivity contribution in [1.82, 2.24) is 14.1 Å². The summed E-state index contributed by atoms with van der Waals surface area (Å²) in [6.07, 6.45) is 0. The zero-order valence-electron chi connectivity index (χ0n) is 23.3. The number of benzene rings is 2. The molecule has 1 N–H and O–H groups in total. The van der Waals surface area contributed by atoms with E-state index in [9.17, 15) is 22.8 Å². The minimum absolute atomic E-state index is 0.0474. The predicted molar refractivity (Wildman–Crippen MR) is 159 cm³/mol. The van der Waals surface area contributed by atoms with E-state index in [2.05, 4.69) is 24.3 Å². The van der Waals surface area contributed by atoms with Crippen molar-refractivity contribution in [2.24, 2.45) is 0 Å². The van der Waals surface area contributed by atoms with Crippen LogP contribution in [0.15, 0.2) is 63.6 Å². The Morgan fingerprint density at radius 3 is 2.36 bits per heavy atom. The number of aromatic nitrogens is 2. The molecule has 0 unspecified atom stereocenters. The first kappa shape index (κ1) is 29.6. The lowest BCUT2D eigenvalue weighted by Crippen LogP contribution is -2.40. The van der Waals surface area contributed by atoms with Crippen LogP contribution in [0.4, 0.5) is 5.00 Å². The summed E-state index contributed by atoms with van der Waals surface area (Å²) in [6, 6.07) is 12.9. The van der Waals surface area contributed by atoms with Crippen LogP contribution in [0.25, 0.3) is 16.5 Å². The maximum Gasteiger partial charge on any atom is 0.359 e. The quantitative estimate of drug-likeness (QED) is 0.296. The second-order valence-corrected chi connectivity index (χ2v) is 12.7. The lowest BCUT2D eigenvalue weighted by Gasteiger charge is -2.26. The van der Waals surface area contributed by atoms with Crippen LogP contribution in [0.5, 0.6) is 0 Å². The number of nitrogens with zero attached hydrogens (tertiary/aromatic N) is 3. The number of carbonyl (C=O) groups is 2. The molecule has 1 aliphatic rings. The van der Waals surface area contributed by atoms with Gasteiger partial charge in [-0.05, 0) is 54.8 Å². The highest BCUT2D eigenvalue weighted by atomic mass is 32.2. The second kappa shape index (κ2) is 12.1. The van der Waals surface area contributed by atoms with Gasteiger partial charge in [0.2, 0.25) is 10.0 Å². The van der Waals surface area contributed by atoms with Gasteiger partial charge >= 0.3 is 5.97 Å². The molecule has 1 fully saturated rings. The van der Waals surface area contributed by atoms with Gasteiger partial charge in [0.05, 0.1) is 35.8 Å². The molecule has 42 heavy (non-hydrogen) atoms. The van der Waals surface area contributed by atoms with E-state index in [-0.39, 0.29) is 57.5 Å². The Hall–Kier alpha value is -3.91. The fraction of sp³-hybridized carbons (Fsp3) is 0.310. The summed E-state index contributed by atoms with van der Waals surface area (Å²) in [7, 11) is -3.72. The number of morpholine rings is 1. The monoisotopic (exact) mass is 610 g/mol. The zero-order chi connectivity index (χ0) is 30.0. The normalized spacial score (nSPS) is 14.3. The third-order valence-corrected chi connectivity index (χ3v) is 9.69. The molecule has 0 atom stereocenters. The number of carbonyl (C=O) groups excluding carboxylic acids is 2. The van der Waals surface area contributed by atoms with E-state index in [1.54, 1.807) is 24.4 Å². The first-order valence-electron chi connectivity index (χ1n) is 13.4.